The van der Waals surface area contributed by atoms with Crippen molar-refractivity contribution in [3.8, 4) is 0 Å². The number of nitrogens with one attached hydrogen (secondary N) is 1. The van der Waals surface area contributed by atoms with Crippen LogP contribution in [0.25, 0.3) is 0 Å². The molecule has 5 rings (SSSR count). The second kappa shape index (κ2) is 9.67. The molecule has 0 radical (unpaired) electrons. The van der Waals surface area contributed by atoms with E-state index in [2.05, 4.69) is 81.7 Å². The van der Waals surface area contributed by atoms with E-state index >= 15 is 0 Å². The van der Waals surface area contributed by atoms with Gasteiger partial charge in [0, 0.05) is 62.8 Å². The minimum Gasteiger partial charge on any atom is -0.369 e. The number of nitrogens with zero attached hydrogens (tertiary/aromatic N) is 3. The quantitative estimate of drug-likeness (QED) is 0.653. The minimum atomic E-state index is -0.0290. The Morgan fingerprint density at radius 1 is 0.788 bits per heavy atom. The lowest BCUT2D eigenvalue weighted by molar-refractivity contribution is 0.0951. The Kier molecular flexibility index (Phi) is 6.31. The predicted molar refractivity (Wildman–Crippen MR) is 135 cm³/mol. The number of piperazine rings is 1. The van der Waals surface area contributed by atoms with Crippen molar-refractivity contribution >= 4 is 17.3 Å². The number of fused-ring (bicyclic) bond motifs is 1. The largest absolute Gasteiger partial charge is 0.369 e. The average molecular weight is 441 g/mol. The van der Waals surface area contributed by atoms with Crippen LogP contribution < -0.4 is 15.1 Å². The van der Waals surface area contributed by atoms with Crippen LogP contribution in [0.5, 0.6) is 0 Å². The molecular formula is C28H32N4O. The molecule has 1 saturated heterocycles. The zero-order chi connectivity index (χ0) is 22.6. The third-order valence-corrected chi connectivity index (χ3v) is 6.90. The third-order valence-electron chi connectivity index (χ3n) is 6.90. The summed E-state index contributed by atoms with van der Waals surface area (Å²) in [4.78, 5) is 20.0. The zero-order valence-corrected chi connectivity index (χ0v) is 19.3. The average Bonchev–Trinajstić information content (AvgIpc) is 2.88. The summed E-state index contributed by atoms with van der Waals surface area (Å²) in [5, 5.41) is 3.13. The Morgan fingerprint density at radius 3 is 2.27 bits per heavy atom. The Labute approximate surface area is 196 Å². The van der Waals surface area contributed by atoms with Gasteiger partial charge in [-0.25, -0.2) is 0 Å². The van der Waals surface area contributed by atoms with Gasteiger partial charge in [0.2, 0.25) is 0 Å². The van der Waals surface area contributed by atoms with Crippen molar-refractivity contribution in [3.63, 3.8) is 0 Å². The van der Waals surface area contributed by atoms with Gasteiger partial charge in [0.05, 0.1) is 0 Å². The van der Waals surface area contributed by atoms with Crippen LogP contribution in [0.1, 0.15) is 27.0 Å². The number of hydrogen-bond acceptors (Lipinski definition) is 4. The van der Waals surface area contributed by atoms with Gasteiger partial charge in [-0.15, -0.1) is 0 Å². The molecule has 0 spiro atoms. The van der Waals surface area contributed by atoms with Gasteiger partial charge in [-0.2, -0.15) is 0 Å². The Hall–Kier alpha value is -3.31. The molecule has 1 N–H and O–H groups in total. The van der Waals surface area contributed by atoms with Gasteiger partial charge >= 0.3 is 0 Å². The standard InChI is InChI=1S/C28H32N4O/c1-30-16-18-31(19-17-30)27-9-5-4-7-24(27)20-29-28(33)23-10-12-26(13-11-23)32-15-14-22-6-2-3-8-25(22)21-32/h2-13H,14-21H2,1H3,(H,29,33). The summed E-state index contributed by atoms with van der Waals surface area (Å²) >= 11 is 0. The van der Waals surface area contributed by atoms with Crippen LogP contribution in [0.15, 0.2) is 72.8 Å². The van der Waals surface area contributed by atoms with Crippen molar-refractivity contribution in [1.29, 1.82) is 0 Å². The molecule has 1 amide bonds. The van der Waals surface area contributed by atoms with Gasteiger partial charge in [0.15, 0.2) is 0 Å². The predicted octanol–water partition coefficient (Wildman–Crippen LogP) is 3.93. The summed E-state index contributed by atoms with van der Waals surface area (Å²) in [7, 11) is 2.17. The first-order valence-electron chi connectivity index (χ1n) is 11.9. The van der Waals surface area contributed by atoms with Gasteiger partial charge in [0.1, 0.15) is 0 Å². The second-order valence-corrected chi connectivity index (χ2v) is 9.09. The van der Waals surface area contributed by atoms with Crippen molar-refractivity contribution in [1.82, 2.24) is 10.2 Å². The summed E-state index contributed by atoms with van der Waals surface area (Å²) in [5.74, 6) is -0.0290. The molecule has 2 aliphatic rings. The van der Waals surface area contributed by atoms with Gasteiger partial charge in [0.25, 0.3) is 5.91 Å². The normalized spacial score (nSPS) is 16.4. The molecule has 33 heavy (non-hydrogen) atoms. The van der Waals surface area contributed by atoms with Gasteiger partial charge in [-0.1, -0.05) is 42.5 Å². The number of rotatable bonds is 5. The minimum absolute atomic E-state index is 0.0290. The van der Waals surface area contributed by atoms with Gasteiger partial charge < -0.3 is 20.0 Å². The van der Waals surface area contributed by atoms with E-state index in [1.807, 2.05) is 18.2 Å². The number of carbonyl (C=O) groups is 1. The molecule has 170 valence electrons. The highest BCUT2D eigenvalue weighted by atomic mass is 16.1. The first kappa shape index (κ1) is 21.5. The summed E-state index contributed by atoms with van der Waals surface area (Å²) in [5.41, 5.74) is 7.10. The van der Waals surface area contributed by atoms with E-state index in [1.165, 1.54) is 28.1 Å². The molecule has 5 nitrogen and oxygen atoms in total. The van der Waals surface area contributed by atoms with E-state index in [1.54, 1.807) is 0 Å². The van der Waals surface area contributed by atoms with Crippen molar-refractivity contribution in [2.24, 2.45) is 0 Å². The van der Waals surface area contributed by atoms with Crippen LogP contribution in [-0.4, -0.2) is 50.6 Å². The highest BCUT2D eigenvalue weighted by molar-refractivity contribution is 5.94. The molecule has 3 aromatic carbocycles. The van der Waals surface area contributed by atoms with E-state index in [-0.39, 0.29) is 5.91 Å². The molecule has 0 unspecified atom stereocenters. The first-order chi connectivity index (χ1) is 16.2. The van der Waals surface area contributed by atoms with Crippen LogP contribution in [0.2, 0.25) is 0 Å². The molecule has 0 aromatic heterocycles. The van der Waals surface area contributed by atoms with Gasteiger partial charge in [-0.3, -0.25) is 4.79 Å². The van der Waals surface area contributed by atoms with Crippen molar-refractivity contribution in [3.05, 3.63) is 95.1 Å². The smallest absolute Gasteiger partial charge is 0.251 e. The van der Waals surface area contributed by atoms with Crippen LogP contribution >= 0.6 is 0 Å². The molecule has 0 saturated carbocycles. The Balaban J connectivity index is 1.21. The Bertz CT molecular complexity index is 1100. The molecule has 0 atom stereocenters. The molecule has 2 aliphatic heterocycles. The summed E-state index contributed by atoms with van der Waals surface area (Å²) in [6.45, 7) is 6.63. The lowest BCUT2D eigenvalue weighted by Gasteiger charge is -2.35. The number of benzene rings is 3. The molecular weight excluding hydrogens is 408 g/mol. The van der Waals surface area contributed by atoms with E-state index in [4.69, 9.17) is 0 Å². The number of para-hydroxylation sites is 1. The van der Waals surface area contributed by atoms with Crippen molar-refractivity contribution < 1.29 is 4.79 Å². The SMILES string of the molecule is CN1CCN(c2ccccc2CNC(=O)c2ccc(N3CCc4ccccc4C3)cc2)CC1. The number of anilines is 2. The monoisotopic (exact) mass is 440 g/mol. The number of hydrogen-bond donors (Lipinski definition) is 1. The lowest BCUT2D eigenvalue weighted by atomic mass is 9.99. The second-order valence-electron chi connectivity index (χ2n) is 9.09. The van der Waals surface area contributed by atoms with Crippen LogP contribution in [0, 0.1) is 0 Å². The number of carbonyl (C=O) groups excluding carboxylic acids is 1. The van der Waals surface area contributed by atoms with Crippen LogP contribution in [-0.2, 0) is 19.5 Å². The summed E-state index contributed by atoms with van der Waals surface area (Å²) in [6, 6.07) is 25.1. The maximum absolute atomic E-state index is 12.9. The highest BCUT2D eigenvalue weighted by Crippen LogP contribution is 2.25. The molecule has 3 aromatic rings. The summed E-state index contributed by atoms with van der Waals surface area (Å²) in [6.07, 6.45) is 1.06. The third kappa shape index (κ3) is 4.88. The van der Waals surface area contributed by atoms with Crippen LogP contribution in [0.4, 0.5) is 11.4 Å². The van der Waals surface area contributed by atoms with Crippen LogP contribution in [0.3, 0.4) is 0 Å². The van der Waals surface area contributed by atoms with E-state index < -0.39 is 0 Å². The Morgan fingerprint density at radius 2 is 1.48 bits per heavy atom. The van der Waals surface area contributed by atoms with Gasteiger partial charge in [-0.05, 0) is 60.5 Å². The molecule has 2 heterocycles. The topological polar surface area (TPSA) is 38.8 Å². The lowest BCUT2D eigenvalue weighted by Crippen LogP contribution is -2.45. The fourth-order valence-corrected chi connectivity index (χ4v) is 4.83. The molecule has 0 aliphatic carbocycles. The van der Waals surface area contributed by atoms with E-state index in [0.29, 0.717) is 12.1 Å². The maximum atomic E-state index is 12.9. The fourth-order valence-electron chi connectivity index (χ4n) is 4.83. The fraction of sp³-hybridized carbons (Fsp3) is 0.321. The van der Waals surface area contributed by atoms with E-state index in [0.717, 1.165) is 45.7 Å². The molecule has 0 bridgehead atoms. The molecule has 1 fully saturated rings. The first-order valence-corrected chi connectivity index (χ1v) is 11.9. The van der Waals surface area contributed by atoms with E-state index in [9.17, 15) is 4.79 Å². The number of likely N-dealkylation sites (N-methyl/N-ethyl adjacent to an activating group) is 1. The maximum Gasteiger partial charge on any atom is 0.251 e. The summed E-state index contributed by atoms with van der Waals surface area (Å²) < 4.78 is 0. The zero-order valence-electron chi connectivity index (χ0n) is 19.3. The highest BCUT2D eigenvalue weighted by Gasteiger charge is 2.18. The van der Waals surface area contributed by atoms with Crippen molar-refractivity contribution in [2.75, 3.05) is 49.6 Å². The van der Waals surface area contributed by atoms with Crippen molar-refractivity contribution in [2.45, 2.75) is 19.5 Å². The molecule has 5 heteroatoms. The number of amides is 1.